The highest BCUT2D eigenvalue weighted by atomic mass is 16.6. The topological polar surface area (TPSA) is 105 Å². The molecule has 2 aromatic carbocycles. The second-order valence-corrected chi connectivity index (χ2v) is 9.03. The maximum Gasteiger partial charge on any atom is 0.410 e. The van der Waals surface area contributed by atoms with Gasteiger partial charge in [0.2, 0.25) is 11.8 Å². The number of hydrogen-bond acceptors (Lipinski definition) is 5. The minimum atomic E-state index is -0.542. The van der Waals surface area contributed by atoms with Gasteiger partial charge in [-0.15, -0.1) is 0 Å². The number of carbonyl (C=O) groups excluding carboxylic acids is 4. The van der Waals surface area contributed by atoms with Crippen LogP contribution < -0.4 is 10.6 Å². The van der Waals surface area contributed by atoms with Crippen LogP contribution in [0.2, 0.25) is 0 Å². The molecule has 2 aromatic rings. The number of ether oxygens (including phenoxy) is 1. The van der Waals surface area contributed by atoms with Crippen LogP contribution in [0.5, 0.6) is 0 Å². The molecule has 2 unspecified atom stereocenters. The zero-order chi connectivity index (χ0) is 23.7. The molecule has 0 radical (unpaired) electrons. The Bertz CT molecular complexity index is 1150. The van der Waals surface area contributed by atoms with Crippen LogP contribution in [-0.4, -0.2) is 35.3 Å². The zero-order valence-electron chi connectivity index (χ0n) is 18.8. The lowest BCUT2D eigenvalue weighted by Crippen LogP contribution is -2.42. The van der Waals surface area contributed by atoms with E-state index >= 15 is 0 Å². The largest absolute Gasteiger partial charge is 0.445 e. The Kier molecular flexibility index (Phi) is 6.04. The van der Waals surface area contributed by atoms with Gasteiger partial charge in [0.25, 0.3) is 5.91 Å². The highest BCUT2D eigenvalue weighted by Crippen LogP contribution is 2.41. The summed E-state index contributed by atoms with van der Waals surface area (Å²) in [6.07, 6.45) is 2.78. The Labute approximate surface area is 197 Å². The monoisotopic (exact) mass is 461 g/mol. The lowest BCUT2D eigenvalue weighted by atomic mass is 9.79. The minimum absolute atomic E-state index is 0.169. The van der Waals surface area contributed by atoms with E-state index in [4.69, 9.17) is 4.74 Å². The van der Waals surface area contributed by atoms with Crippen LogP contribution in [0.25, 0.3) is 0 Å². The quantitative estimate of drug-likeness (QED) is 0.680. The molecule has 0 aliphatic carbocycles. The van der Waals surface area contributed by atoms with Crippen LogP contribution in [0, 0.1) is 0 Å². The van der Waals surface area contributed by atoms with Gasteiger partial charge in [-0.3, -0.25) is 19.7 Å². The van der Waals surface area contributed by atoms with Crippen LogP contribution in [0.1, 0.15) is 76.7 Å². The van der Waals surface area contributed by atoms with Crippen LogP contribution in [0.15, 0.2) is 42.5 Å². The van der Waals surface area contributed by atoms with Crippen molar-refractivity contribution < 1.29 is 23.9 Å². The summed E-state index contributed by atoms with van der Waals surface area (Å²) < 4.78 is 5.65. The number of piperidine rings is 2. The van der Waals surface area contributed by atoms with E-state index in [1.54, 1.807) is 11.0 Å². The van der Waals surface area contributed by atoms with Crippen molar-refractivity contribution in [3.63, 3.8) is 0 Å². The molecule has 176 valence electrons. The Morgan fingerprint density at radius 1 is 1.03 bits per heavy atom. The van der Waals surface area contributed by atoms with Crippen molar-refractivity contribution >= 4 is 23.8 Å². The van der Waals surface area contributed by atoms with Crippen molar-refractivity contribution in [2.45, 2.75) is 57.2 Å². The molecule has 34 heavy (non-hydrogen) atoms. The fourth-order valence-corrected chi connectivity index (χ4v) is 5.30. The predicted molar refractivity (Wildman–Crippen MR) is 123 cm³/mol. The van der Waals surface area contributed by atoms with Crippen LogP contribution in [0.3, 0.4) is 0 Å². The lowest BCUT2D eigenvalue weighted by molar-refractivity contribution is -0.134. The molecule has 2 N–H and O–H groups in total. The fraction of sp³-hybridized carbons (Fsp3) is 0.385. The van der Waals surface area contributed by atoms with Gasteiger partial charge in [0.15, 0.2) is 0 Å². The summed E-state index contributed by atoms with van der Waals surface area (Å²) in [5.74, 6) is -1.34. The van der Waals surface area contributed by atoms with Gasteiger partial charge in [-0.05, 0) is 54.0 Å². The first-order valence-electron chi connectivity index (χ1n) is 11.8. The van der Waals surface area contributed by atoms with E-state index in [1.807, 2.05) is 36.4 Å². The minimum Gasteiger partial charge on any atom is -0.445 e. The molecule has 3 aliphatic rings. The lowest BCUT2D eigenvalue weighted by Gasteiger charge is -2.37. The molecule has 8 nitrogen and oxygen atoms in total. The number of hydrogen-bond donors (Lipinski definition) is 2. The maximum atomic E-state index is 13.1. The van der Waals surface area contributed by atoms with E-state index in [1.165, 1.54) is 0 Å². The molecule has 5 rings (SSSR count). The van der Waals surface area contributed by atoms with Crippen molar-refractivity contribution in [2.24, 2.45) is 0 Å². The highest BCUT2D eigenvalue weighted by molar-refractivity contribution is 6.03. The summed E-state index contributed by atoms with van der Waals surface area (Å²) in [5, 5.41) is 5.29. The van der Waals surface area contributed by atoms with E-state index < -0.39 is 12.0 Å². The van der Waals surface area contributed by atoms with Gasteiger partial charge < -0.3 is 15.0 Å². The number of imide groups is 1. The molecule has 8 heteroatoms. The van der Waals surface area contributed by atoms with E-state index in [0.29, 0.717) is 25.1 Å². The Balaban J connectivity index is 1.48. The molecular weight excluding hydrogens is 434 g/mol. The average Bonchev–Trinajstić information content (AvgIpc) is 3.24. The molecule has 0 spiro atoms. The molecule has 0 bridgehead atoms. The van der Waals surface area contributed by atoms with Gasteiger partial charge in [0.1, 0.15) is 6.61 Å². The second kappa shape index (κ2) is 9.29. The first-order valence-corrected chi connectivity index (χ1v) is 11.8. The number of amides is 4. The first-order chi connectivity index (χ1) is 16.5. The molecule has 2 atom stereocenters. The molecule has 0 aromatic heterocycles. The number of nitrogens with one attached hydrogen (secondary N) is 2. The molecular formula is C26H27N3O5. The van der Waals surface area contributed by atoms with Crippen molar-refractivity contribution in [3.05, 3.63) is 70.3 Å². The molecule has 4 amide bonds. The second-order valence-electron chi connectivity index (χ2n) is 9.03. The number of carbonyl (C=O) groups is 4. The van der Waals surface area contributed by atoms with E-state index in [2.05, 4.69) is 10.6 Å². The van der Waals surface area contributed by atoms with E-state index in [-0.39, 0.29) is 36.8 Å². The molecule has 3 aliphatic heterocycles. The Morgan fingerprint density at radius 3 is 2.65 bits per heavy atom. The Morgan fingerprint density at radius 2 is 1.85 bits per heavy atom. The number of benzene rings is 2. The van der Waals surface area contributed by atoms with Gasteiger partial charge in [-0.1, -0.05) is 36.4 Å². The Hall–Kier alpha value is -3.68. The van der Waals surface area contributed by atoms with Gasteiger partial charge in [-0.2, -0.15) is 0 Å². The first kappa shape index (κ1) is 22.1. The van der Waals surface area contributed by atoms with Crippen molar-refractivity contribution in [3.8, 4) is 0 Å². The zero-order valence-corrected chi connectivity index (χ0v) is 18.8. The van der Waals surface area contributed by atoms with Crippen molar-refractivity contribution in [1.82, 2.24) is 15.5 Å². The summed E-state index contributed by atoms with van der Waals surface area (Å²) in [4.78, 5) is 51.9. The summed E-state index contributed by atoms with van der Waals surface area (Å²) >= 11 is 0. The van der Waals surface area contributed by atoms with Gasteiger partial charge >= 0.3 is 6.09 Å². The highest BCUT2D eigenvalue weighted by Gasteiger charge is 2.39. The van der Waals surface area contributed by atoms with Gasteiger partial charge in [0.05, 0.1) is 12.0 Å². The molecule has 3 heterocycles. The summed E-state index contributed by atoms with van der Waals surface area (Å²) in [7, 11) is 0. The maximum absolute atomic E-state index is 13.1. The van der Waals surface area contributed by atoms with Crippen LogP contribution >= 0.6 is 0 Å². The molecule has 0 saturated carbocycles. The smallest absolute Gasteiger partial charge is 0.410 e. The third-order valence-electron chi connectivity index (χ3n) is 6.95. The van der Waals surface area contributed by atoms with Crippen LogP contribution in [0.4, 0.5) is 4.79 Å². The summed E-state index contributed by atoms with van der Waals surface area (Å²) in [5.41, 5.74) is 3.89. The SMILES string of the molecule is O=C1CCC(c2c(C3CCCCN3C(=O)OCc3ccccc3)ccc3c2CNC3=O)C(=O)N1. The van der Waals surface area contributed by atoms with Gasteiger partial charge in [0, 0.05) is 25.1 Å². The van der Waals surface area contributed by atoms with E-state index in [0.717, 1.165) is 41.5 Å². The molecule has 2 saturated heterocycles. The number of fused-ring (bicyclic) bond motifs is 1. The van der Waals surface area contributed by atoms with Gasteiger partial charge in [-0.25, -0.2) is 4.79 Å². The predicted octanol–water partition coefficient (Wildman–Crippen LogP) is 3.31. The third-order valence-corrected chi connectivity index (χ3v) is 6.95. The average molecular weight is 462 g/mol. The summed E-state index contributed by atoms with van der Waals surface area (Å²) in [6, 6.07) is 12.9. The van der Waals surface area contributed by atoms with E-state index in [9.17, 15) is 19.2 Å². The third kappa shape index (κ3) is 4.16. The number of nitrogens with zero attached hydrogens (tertiary/aromatic N) is 1. The molecule has 2 fully saturated rings. The number of rotatable bonds is 4. The fourth-order valence-electron chi connectivity index (χ4n) is 5.30. The number of likely N-dealkylation sites (tertiary alicyclic amines) is 1. The standard InChI is InChI=1S/C26H27N3O5/c30-22-12-11-19(25(32)28-22)23-18(10-9-17-20(23)14-27-24(17)31)21-8-4-5-13-29(21)26(33)34-15-16-6-2-1-3-7-16/h1-3,6-7,9-10,19,21H,4-5,8,11-15H2,(H,27,31)(H,28,30,32). The summed E-state index contributed by atoms with van der Waals surface area (Å²) in [6.45, 7) is 1.08. The van der Waals surface area contributed by atoms with Crippen molar-refractivity contribution in [1.29, 1.82) is 0 Å². The van der Waals surface area contributed by atoms with Crippen LogP contribution in [-0.2, 0) is 27.5 Å². The van der Waals surface area contributed by atoms with Crippen molar-refractivity contribution in [2.75, 3.05) is 6.54 Å². The normalized spacial score (nSPS) is 22.1.